The zero-order valence-corrected chi connectivity index (χ0v) is 17.2. The molecule has 1 N–H and O–H groups in total. The molecular weight excluding hydrogens is 368 g/mol. The van der Waals surface area contributed by atoms with Crippen LogP contribution in [0.1, 0.15) is 11.7 Å². The lowest BCUT2D eigenvalue weighted by atomic mass is 10.1. The van der Waals surface area contributed by atoms with Crippen molar-refractivity contribution in [2.75, 3.05) is 0 Å². The summed E-state index contributed by atoms with van der Waals surface area (Å²) in [6.07, 6.45) is 1.33. The molecule has 29 heavy (non-hydrogen) atoms. The van der Waals surface area contributed by atoms with Gasteiger partial charge < -0.3 is 5.11 Å². The van der Waals surface area contributed by atoms with E-state index in [0.717, 1.165) is 5.56 Å². The Hall–Kier alpha value is -3.20. The molecule has 4 rings (SSSR count). The van der Waals surface area contributed by atoms with Gasteiger partial charge in [0.15, 0.2) is 8.07 Å². The minimum absolute atomic E-state index is 0.640. The lowest BCUT2D eigenvalue weighted by Crippen LogP contribution is -2.66. The van der Waals surface area contributed by atoms with Gasteiger partial charge >= 0.3 is 0 Å². The average molecular weight is 393 g/mol. The molecule has 0 saturated heterocycles. The Labute approximate surface area is 173 Å². The third kappa shape index (κ3) is 3.99. The molecule has 0 aliphatic carbocycles. The van der Waals surface area contributed by atoms with E-state index in [2.05, 4.69) is 96.7 Å². The fraction of sp³-hybridized carbons (Fsp3) is 0.0370. The number of hydrogen-bond acceptors (Lipinski definition) is 1. The maximum atomic E-state index is 10.9. The molecule has 2 heteroatoms. The first-order valence-corrected chi connectivity index (χ1v) is 12.0. The standard InChI is InChI=1S/C27H24OSi/c28-27(23-13-5-1-6-14-23)21-22-29(24-15-7-2-8-16-24,25-17-9-3-10-18-25)26-19-11-4-12-20-26/h1-22,27-28H/b22-21-. The van der Waals surface area contributed by atoms with Gasteiger partial charge in [-0.05, 0) is 21.1 Å². The van der Waals surface area contributed by atoms with Crippen LogP contribution in [0.2, 0.25) is 0 Å². The van der Waals surface area contributed by atoms with Crippen LogP contribution < -0.4 is 15.6 Å². The summed E-state index contributed by atoms with van der Waals surface area (Å²) in [5, 5.41) is 14.8. The Morgan fingerprint density at radius 3 is 1.24 bits per heavy atom. The molecule has 0 spiro atoms. The van der Waals surface area contributed by atoms with Crippen LogP contribution >= 0.6 is 0 Å². The molecule has 0 heterocycles. The largest absolute Gasteiger partial charge is 0.384 e. The van der Waals surface area contributed by atoms with Gasteiger partial charge in [-0.1, -0.05) is 133 Å². The molecule has 142 valence electrons. The number of aliphatic hydroxyl groups is 1. The lowest BCUT2D eigenvalue weighted by Gasteiger charge is -2.31. The van der Waals surface area contributed by atoms with Crippen LogP contribution in [0.4, 0.5) is 0 Å². The van der Waals surface area contributed by atoms with Gasteiger partial charge in [-0.15, -0.1) is 0 Å². The Balaban J connectivity index is 1.92. The van der Waals surface area contributed by atoms with Gasteiger partial charge in [-0.25, -0.2) is 0 Å². The van der Waals surface area contributed by atoms with Crippen molar-refractivity contribution < 1.29 is 5.11 Å². The summed E-state index contributed by atoms with van der Waals surface area (Å²) in [5.41, 5.74) is 3.19. The Kier molecular flexibility index (Phi) is 5.85. The van der Waals surface area contributed by atoms with Gasteiger partial charge in [0.05, 0.1) is 6.10 Å². The van der Waals surface area contributed by atoms with Crippen LogP contribution in [0.3, 0.4) is 0 Å². The van der Waals surface area contributed by atoms with Crippen LogP contribution in [-0.4, -0.2) is 13.2 Å². The molecule has 4 aromatic carbocycles. The molecule has 0 saturated carbocycles. The average Bonchev–Trinajstić information content (AvgIpc) is 2.82. The first-order valence-electron chi connectivity index (χ1n) is 9.89. The van der Waals surface area contributed by atoms with Crippen LogP contribution in [0, 0.1) is 0 Å². The molecule has 0 aliphatic rings. The lowest BCUT2D eigenvalue weighted by molar-refractivity contribution is 0.229. The van der Waals surface area contributed by atoms with E-state index in [1.807, 2.05) is 36.4 Å². The first-order chi connectivity index (χ1) is 14.3. The van der Waals surface area contributed by atoms with Crippen LogP contribution in [-0.2, 0) is 0 Å². The second kappa shape index (κ2) is 8.87. The molecule has 0 amide bonds. The van der Waals surface area contributed by atoms with Crippen LogP contribution in [0.25, 0.3) is 0 Å². The molecule has 0 aliphatic heterocycles. The molecular formula is C27H24OSi. The van der Waals surface area contributed by atoms with Crippen molar-refractivity contribution in [1.29, 1.82) is 0 Å². The van der Waals surface area contributed by atoms with E-state index in [9.17, 15) is 5.11 Å². The quantitative estimate of drug-likeness (QED) is 0.389. The fourth-order valence-corrected chi connectivity index (χ4v) is 8.09. The summed E-state index contributed by atoms with van der Waals surface area (Å²) in [5.74, 6) is 0. The van der Waals surface area contributed by atoms with E-state index in [4.69, 9.17) is 0 Å². The minimum atomic E-state index is -2.46. The highest BCUT2D eigenvalue weighted by atomic mass is 28.3. The molecule has 0 fully saturated rings. The highest BCUT2D eigenvalue weighted by molar-refractivity contribution is 7.14. The van der Waals surface area contributed by atoms with Crippen LogP contribution in [0.15, 0.2) is 133 Å². The smallest absolute Gasteiger partial charge is 0.172 e. The fourth-order valence-electron chi connectivity index (χ4n) is 3.89. The topological polar surface area (TPSA) is 20.2 Å². The predicted molar refractivity (Wildman–Crippen MR) is 125 cm³/mol. The van der Waals surface area contributed by atoms with Crippen molar-refractivity contribution in [2.24, 2.45) is 0 Å². The molecule has 0 aromatic heterocycles. The van der Waals surface area contributed by atoms with Crippen molar-refractivity contribution in [2.45, 2.75) is 6.10 Å². The predicted octanol–water partition coefficient (Wildman–Crippen LogP) is 3.99. The van der Waals surface area contributed by atoms with Gasteiger partial charge in [0, 0.05) is 0 Å². The van der Waals surface area contributed by atoms with E-state index in [0.29, 0.717) is 0 Å². The van der Waals surface area contributed by atoms with Crippen molar-refractivity contribution >= 4 is 23.6 Å². The summed E-state index contributed by atoms with van der Waals surface area (Å²) in [4.78, 5) is 0. The number of aliphatic hydroxyl groups excluding tert-OH is 1. The zero-order valence-electron chi connectivity index (χ0n) is 16.2. The molecule has 4 aromatic rings. The molecule has 0 bridgehead atoms. The molecule has 0 radical (unpaired) electrons. The molecule has 1 unspecified atom stereocenters. The van der Waals surface area contributed by atoms with Gasteiger partial charge in [0.25, 0.3) is 0 Å². The number of rotatable bonds is 6. The maximum Gasteiger partial charge on any atom is 0.172 e. The first kappa shape index (κ1) is 19.1. The summed E-state index contributed by atoms with van der Waals surface area (Å²) < 4.78 is 0. The van der Waals surface area contributed by atoms with E-state index in [1.165, 1.54) is 15.6 Å². The third-order valence-electron chi connectivity index (χ3n) is 5.36. The SMILES string of the molecule is OC(/C=C\[Si](c1ccccc1)(c1ccccc1)c1ccccc1)c1ccccc1. The monoisotopic (exact) mass is 392 g/mol. The van der Waals surface area contributed by atoms with E-state index < -0.39 is 14.2 Å². The zero-order chi connectivity index (χ0) is 19.9. The van der Waals surface area contributed by atoms with Crippen LogP contribution in [0.5, 0.6) is 0 Å². The Morgan fingerprint density at radius 2 is 0.862 bits per heavy atom. The summed E-state index contributed by atoms with van der Waals surface area (Å²) in [7, 11) is -2.46. The van der Waals surface area contributed by atoms with Gasteiger partial charge in [0.2, 0.25) is 0 Å². The summed E-state index contributed by atoms with van der Waals surface area (Å²) in [6.45, 7) is 0. The highest BCUT2D eigenvalue weighted by Crippen LogP contribution is 2.16. The van der Waals surface area contributed by atoms with Crippen molar-refractivity contribution in [1.82, 2.24) is 0 Å². The molecule has 1 nitrogen and oxygen atoms in total. The van der Waals surface area contributed by atoms with Crippen molar-refractivity contribution in [3.63, 3.8) is 0 Å². The second-order valence-corrected chi connectivity index (χ2v) is 10.8. The van der Waals surface area contributed by atoms with E-state index in [-0.39, 0.29) is 0 Å². The number of hydrogen-bond donors (Lipinski definition) is 1. The van der Waals surface area contributed by atoms with Gasteiger partial charge in [-0.3, -0.25) is 0 Å². The minimum Gasteiger partial charge on any atom is -0.384 e. The van der Waals surface area contributed by atoms with Crippen molar-refractivity contribution in [3.8, 4) is 0 Å². The highest BCUT2D eigenvalue weighted by Gasteiger charge is 2.36. The van der Waals surface area contributed by atoms with Gasteiger partial charge in [0.1, 0.15) is 0 Å². The maximum absolute atomic E-state index is 10.9. The van der Waals surface area contributed by atoms with E-state index in [1.54, 1.807) is 0 Å². The van der Waals surface area contributed by atoms with Crippen molar-refractivity contribution in [3.05, 3.63) is 139 Å². The van der Waals surface area contributed by atoms with E-state index >= 15 is 0 Å². The Bertz CT molecular complexity index is 948. The molecule has 1 atom stereocenters. The van der Waals surface area contributed by atoms with Gasteiger partial charge in [-0.2, -0.15) is 0 Å². The summed E-state index contributed by atoms with van der Waals surface area (Å²) >= 11 is 0. The number of benzene rings is 4. The Morgan fingerprint density at radius 1 is 0.517 bits per heavy atom. The normalized spacial score (nSPS) is 12.7. The second-order valence-electron chi connectivity index (χ2n) is 7.12. The third-order valence-corrected chi connectivity index (χ3v) is 9.78. The summed E-state index contributed by atoms with van der Waals surface area (Å²) in [6, 6.07) is 41.9.